The molecule has 0 fully saturated rings. The smallest absolute Gasteiger partial charge is 0.341 e. The number of rotatable bonds is 7. The third-order valence-electron chi connectivity index (χ3n) is 6.12. The van der Waals surface area contributed by atoms with E-state index in [0.29, 0.717) is 39.3 Å². The number of carbonyl (C=O) groups excluding carboxylic acids is 2. The Morgan fingerprint density at radius 3 is 2.24 bits per heavy atom. The molecular formula is C25H33NO6S. The van der Waals surface area contributed by atoms with Crippen molar-refractivity contribution in [2.24, 2.45) is 11.3 Å². The van der Waals surface area contributed by atoms with Gasteiger partial charge in [0.1, 0.15) is 5.00 Å². The molecule has 1 aliphatic carbocycles. The van der Waals surface area contributed by atoms with Gasteiger partial charge in [0, 0.05) is 10.4 Å². The van der Waals surface area contributed by atoms with Crippen molar-refractivity contribution in [2.45, 2.75) is 47.0 Å². The Morgan fingerprint density at radius 2 is 1.73 bits per heavy atom. The van der Waals surface area contributed by atoms with Gasteiger partial charge in [0.25, 0.3) is 5.91 Å². The van der Waals surface area contributed by atoms with Crippen LogP contribution in [0.2, 0.25) is 0 Å². The Kier molecular flexibility index (Phi) is 7.57. The Hall–Kier alpha value is -2.74. The molecule has 180 valence electrons. The van der Waals surface area contributed by atoms with Crippen molar-refractivity contribution < 1.29 is 28.5 Å². The number of hydrogen-bond acceptors (Lipinski definition) is 7. The molecule has 0 bridgehead atoms. The summed E-state index contributed by atoms with van der Waals surface area (Å²) in [4.78, 5) is 27.2. The summed E-state index contributed by atoms with van der Waals surface area (Å²) in [6.45, 7) is 8.79. The van der Waals surface area contributed by atoms with Crippen LogP contribution in [0.1, 0.15) is 65.3 Å². The van der Waals surface area contributed by atoms with E-state index in [1.165, 1.54) is 32.7 Å². The first-order valence-electron chi connectivity index (χ1n) is 11.1. The lowest BCUT2D eigenvalue weighted by molar-refractivity contribution is 0.0526. The molecule has 3 rings (SSSR count). The molecule has 2 aromatic rings. The van der Waals surface area contributed by atoms with Gasteiger partial charge in [0.05, 0.1) is 33.5 Å². The first-order valence-corrected chi connectivity index (χ1v) is 11.9. The number of thiophene rings is 1. The maximum absolute atomic E-state index is 13.2. The van der Waals surface area contributed by atoms with Gasteiger partial charge < -0.3 is 24.3 Å². The third-order valence-corrected chi connectivity index (χ3v) is 7.29. The molecule has 1 N–H and O–H groups in total. The molecule has 33 heavy (non-hydrogen) atoms. The zero-order chi connectivity index (χ0) is 24.3. The van der Waals surface area contributed by atoms with Crippen molar-refractivity contribution in [3.63, 3.8) is 0 Å². The molecule has 0 saturated carbocycles. The van der Waals surface area contributed by atoms with Crippen molar-refractivity contribution >= 4 is 28.2 Å². The maximum atomic E-state index is 13.2. The van der Waals surface area contributed by atoms with Gasteiger partial charge in [-0.25, -0.2) is 4.79 Å². The van der Waals surface area contributed by atoms with Gasteiger partial charge in [-0.3, -0.25) is 4.79 Å². The molecule has 0 spiro atoms. The number of carbonyl (C=O) groups is 2. The number of benzene rings is 1. The molecule has 1 amide bonds. The summed E-state index contributed by atoms with van der Waals surface area (Å²) in [5.41, 5.74) is 1.98. The van der Waals surface area contributed by atoms with Crippen LogP contribution in [0.25, 0.3) is 0 Å². The van der Waals surface area contributed by atoms with Gasteiger partial charge in [0.15, 0.2) is 11.5 Å². The van der Waals surface area contributed by atoms with Gasteiger partial charge in [0.2, 0.25) is 5.75 Å². The van der Waals surface area contributed by atoms with E-state index in [0.717, 1.165) is 29.7 Å². The van der Waals surface area contributed by atoms with Crippen LogP contribution in [0, 0.1) is 11.3 Å². The highest BCUT2D eigenvalue weighted by Crippen LogP contribution is 2.45. The average Bonchev–Trinajstić information content (AvgIpc) is 3.14. The zero-order valence-corrected chi connectivity index (χ0v) is 21.2. The van der Waals surface area contributed by atoms with Crippen molar-refractivity contribution in [3.8, 4) is 17.2 Å². The molecule has 1 unspecified atom stereocenters. The lowest BCUT2D eigenvalue weighted by Gasteiger charge is -2.33. The van der Waals surface area contributed by atoms with Crippen molar-refractivity contribution in [3.05, 3.63) is 33.7 Å². The summed E-state index contributed by atoms with van der Waals surface area (Å²) >= 11 is 1.47. The van der Waals surface area contributed by atoms with Gasteiger partial charge >= 0.3 is 5.97 Å². The van der Waals surface area contributed by atoms with E-state index in [4.69, 9.17) is 18.9 Å². The van der Waals surface area contributed by atoms with E-state index in [1.54, 1.807) is 19.1 Å². The first-order chi connectivity index (χ1) is 15.6. The number of nitrogens with one attached hydrogen (secondary N) is 1. The predicted molar refractivity (Wildman–Crippen MR) is 129 cm³/mol. The zero-order valence-electron chi connectivity index (χ0n) is 20.4. The first kappa shape index (κ1) is 24.9. The number of fused-ring (bicyclic) bond motifs is 1. The standard InChI is InChI=1S/C25H33NO6S/c1-8-32-24(28)20-16-10-9-15(25(2,3)4)13-19(16)33-23(20)26-22(27)14-11-17(29-5)21(31-7)18(12-14)30-6/h11-12,15H,8-10,13H2,1-7H3,(H,26,27). The highest BCUT2D eigenvalue weighted by atomic mass is 32.1. The number of ether oxygens (including phenoxy) is 4. The van der Waals surface area contributed by atoms with Crippen LogP contribution in [0.5, 0.6) is 17.2 Å². The van der Waals surface area contributed by atoms with Crippen LogP contribution in [-0.4, -0.2) is 39.8 Å². The summed E-state index contributed by atoms with van der Waals surface area (Å²) in [5, 5.41) is 3.46. The molecule has 1 aliphatic rings. The molecule has 1 aromatic heterocycles. The van der Waals surface area contributed by atoms with E-state index < -0.39 is 5.97 Å². The highest BCUT2D eigenvalue weighted by Gasteiger charge is 2.34. The topological polar surface area (TPSA) is 83.1 Å². The molecule has 0 radical (unpaired) electrons. The van der Waals surface area contributed by atoms with E-state index in [-0.39, 0.29) is 17.9 Å². The fourth-order valence-electron chi connectivity index (χ4n) is 4.22. The Labute approximate surface area is 199 Å². The SMILES string of the molecule is CCOC(=O)c1c(NC(=O)c2cc(OC)c(OC)c(OC)c2)sc2c1CCC(C(C)(C)C)C2. The monoisotopic (exact) mass is 475 g/mol. The number of amides is 1. The quantitative estimate of drug-likeness (QED) is 0.543. The summed E-state index contributed by atoms with van der Waals surface area (Å²) in [6, 6.07) is 3.17. The minimum absolute atomic E-state index is 0.172. The van der Waals surface area contributed by atoms with Gasteiger partial charge in [-0.1, -0.05) is 20.8 Å². The Morgan fingerprint density at radius 1 is 1.09 bits per heavy atom. The van der Waals surface area contributed by atoms with Crippen LogP contribution in [0.3, 0.4) is 0 Å². The molecule has 1 heterocycles. The summed E-state index contributed by atoms with van der Waals surface area (Å²) in [7, 11) is 4.50. The Balaban J connectivity index is 1.99. The van der Waals surface area contributed by atoms with Crippen LogP contribution in [-0.2, 0) is 17.6 Å². The number of esters is 1. The molecular weight excluding hydrogens is 442 g/mol. The van der Waals surface area contributed by atoms with Crippen molar-refractivity contribution in [2.75, 3.05) is 33.3 Å². The van der Waals surface area contributed by atoms with Crippen molar-refractivity contribution in [1.29, 1.82) is 0 Å². The number of methoxy groups -OCH3 is 3. The lowest BCUT2D eigenvalue weighted by atomic mass is 9.72. The van der Waals surface area contributed by atoms with E-state index in [9.17, 15) is 9.59 Å². The molecule has 1 aromatic carbocycles. The van der Waals surface area contributed by atoms with Gasteiger partial charge in [-0.05, 0) is 55.2 Å². The normalized spacial score (nSPS) is 15.4. The molecule has 0 saturated heterocycles. The summed E-state index contributed by atoms with van der Waals surface area (Å²) < 4.78 is 21.4. The summed E-state index contributed by atoms with van der Waals surface area (Å²) in [6.07, 6.45) is 2.68. The predicted octanol–water partition coefficient (Wildman–Crippen LogP) is 5.35. The fraction of sp³-hybridized carbons (Fsp3) is 0.520. The van der Waals surface area contributed by atoms with Crippen LogP contribution in [0.15, 0.2) is 12.1 Å². The number of anilines is 1. The van der Waals surface area contributed by atoms with Gasteiger partial charge in [-0.15, -0.1) is 11.3 Å². The lowest BCUT2D eigenvalue weighted by Crippen LogP contribution is -2.26. The maximum Gasteiger partial charge on any atom is 0.341 e. The van der Waals surface area contributed by atoms with Crippen molar-refractivity contribution in [1.82, 2.24) is 0 Å². The third kappa shape index (κ3) is 5.11. The van der Waals surface area contributed by atoms with Crippen LogP contribution >= 0.6 is 11.3 Å². The minimum Gasteiger partial charge on any atom is -0.493 e. The largest absolute Gasteiger partial charge is 0.493 e. The van der Waals surface area contributed by atoms with E-state index in [2.05, 4.69) is 26.1 Å². The molecule has 7 nitrogen and oxygen atoms in total. The molecule has 1 atom stereocenters. The van der Waals surface area contributed by atoms with E-state index in [1.807, 2.05) is 0 Å². The highest BCUT2D eigenvalue weighted by molar-refractivity contribution is 7.17. The average molecular weight is 476 g/mol. The summed E-state index contributed by atoms with van der Waals surface area (Å²) in [5.74, 6) is 0.910. The second-order valence-corrected chi connectivity index (χ2v) is 10.2. The molecule has 8 heteroatoms. The number of hydrogen-bond donors (Lipinski definition) is 1. The Bertz CT molecular complexity index is 1010. The minimum atomic E-state index is -0.399. The second kappa shape index (κ2) is 10.0. The van der Waals surface area contributed by atoms with Crippen LogP contribution < -0.4 is 19.5 Å². The van der Waals surface area contributed by atoms with Gasteiger partial charge in [-0.2, -0.15) is 0 Å². The fourth-order valence-corrected chi connectivity index (χ4v) is 5.53. The second-order valence-electron chi connectivity index (χ2n) is 9.10. The molecule has 0 aliphatic heterocycles. The van der Waals surface area contributed by atoms with E-state index >= 15 is 0 Å². The van der Waals surface area contributed by atoms with Crippen LogP contribution in [0.4, 0.5) is 5.00 Å².